The van der Waals surface area contributed by atoms with Gasteiger partial charge < -0.3 is 15.0 Å². The van der Waals surface area contributed by atoms with Gasteiger partial charge in [0, 0.05) is 18.7 Å². The Labute approximate surface area is 231 Å². The fourth-order valence-electron chi connectivity index (χ4n) is 4.07. The van der Waals surface area contributed by atoms with Crippen LogP contribution in [0, 0.1) is 6.92 Å². The molecule has 1 N–H and O–H groups in total. The second-order valence-electron chi connectivity index (χ2n) is 9.53. The van der Waals surface area contributed by atoms with Crippen molar-refractivity contribution in [2.45, 2.75) is 57.6 Å². The third kappa shape index (κ3) is 7.60. The highest BCUT2D eigenvalue weighted by Gasteiger charge is 2.32. The summed E-state index contributed by atoms with van der Waals surface area (Å²) in [7, 11) is -2.64. The summed E-state index contributed by atoms with van der Waals surface area (Å²) in [6.07, 6.45) is 0.739. The van der Waals surface area contributed by atoms with Crippen LogP contribution in [0.15, 0.2) is 83.8 Å². The highest BCUT2D eigenvalue weighted by Crippen LogP contribution is 2.27. The molecule has 0 saturated carbocycles. The average molecular weight is 552 g/mol. The van der Waals surface area contributed by atoms with E-state index in [9.17, 15) is 18.0 Å². The normalized spacial score (nSPS) is 12.7. The number of rotatable bonds is 12. The molecule has 0 unspecified atom stereocenters. The summed E-state index contributed by atoms with van der Waals surface area (Å²) in [5.41, 5.74) is 2.13. The molecule has 0 heterocycles. The Morgan fingerprint density at radius 2 is 1.64 bits per heavy atom. The van der Waals surface area contributed by atoms with Crippen LogP contribution in [0.2, 0.25) is 0 Å². The molecular weight excluding hydrogens is 514 g/mol. The zero-order valence-electron chi connectivity index (χ0n) is 23.1. The van der Waals surface area contributed by atoms with Crippen molar-refractivity contribution in [3.8, 4) is 5.75 Å². The molecule has 0 bridgehead atoms. The lowest BCUT2D eigenvalue weighted by atomic mass is 10.1. The van der Waals surface area contributed by atoms with Crippen molar-refractivity contribution in [2.75, 3.05) is 18.0 Å². The third-order valence-electron chi connectivity index (χ3n) is 6.56. The number of carbonyl (C=O) groups excluding carboxylic acids is 2. The van der Waals surface area contributed by atoms with Crippen molar-refractivity contribution < 1.29 is 22.7 Å². The molecule has 39 heavy (non-hydrogen) atoms. The smallest absolute Gasteiger partial charge is 0.264 e. The average Bonchev–Trinajstić information content (AvgIpc) is 2.94. The number of ether oxygens (including phenoxy) is 1. The molecule has 0 aliphatic carbocycles. The molecule has 208 valence electrons. The van der Waals surface area contributed by atoms with Crippen molar-refractivity contribution in [3.05, 3.63) is 90.0 Å². The fraction of sp³-hybridized carbons (Fsp3) is 0.333. The topological polar surface area (TPSA) is 96.0 Å². The van der Waals surface area contributed by atoms with Crippen LogP contribution in [0.3, 0.4) is 0 Å². The Morgan fingerprint density at radius 3 is 2.28 bits per heavy atom. The monoisotopic (exact) mass is 551 g/mol. The summed E-state index contributed by atoms with van der Waals surface area (Å²) in [6, 6.07) is 21.3. The molecule has 2 amide bonds. The number of hydrogen-bond acceptors (Lipinski definition) is 5. The Morgan fingerprint density at radius 1 is 0.949 bits per heavy atom. The van der Waals surface area contributed by atoms with Gasteiger partial charge in [-0.05, 0) is 57.0 Å². The third-order valence-corrected chi connectivity index (χ3v) is 8.34. The summed E-state index contributed by atoms with van der Waals surface area (Å²) in [5.74, 6) is -0.360. The molecular formula is C30H37N3O5S. The van der Waals surface area contributed by atoms with E-state index in [1.165, 1.54) is 24.1 Å². The first kappa shape index (κ1) is 29.7. The predicted molar refractivity (Wildman–Crippen MR) is 153 cm³/mol. The molecule has 9 heteroatoms. The molecule has 0 fully saturated rings. The van der Waals surface area contributed by atoms with E-state index in [-0.39, 0.29) is 29.1 Å². The number of aryl methyl sites for hydroxylation is 1. The number of sulfonamides is 1. The zero-order valence-corrected chi connectivity index (χ0v) is 23.9. The van der Waals surface area contributed by atoms with Crippen molar-refractivity contribution in [1.82, 2.24) is 10.2 Å². The van der Waals surface area contributed by atoms with Crippen LogP contribution < -0.4 is 14.4 Å². The molecule has 0 aromatic heterocycles. The van der Waals surface area contributed by atoms with E-state index < -0.39 is 28.5 Å². The number of carbonyl (C=O) groups is 2. The van der Waals surface area contributed by atoms with Crippen molar-refractivity contribution in [2.24, 2.45) is 0 Å². The van der Waals surface area contributed by atoms with Gasteiger partial charge in [-0.15, -0.1) is 0 Å². The van der Waals surface area contributed by atoms with Crippen LogP contribution in [-0.2, 0) is 26.2 Å². The molecule has 0 saturated heterocycles. The first-order valence-electron chi connectivity index (χ1n) is 12.9. The van der Waals surface area contributed by atoms with Crippen LogP contribution in [0.25, 0.3) is 0 Å². The second-order valence-corrected chi connectivity index (χ2v) is 11.4. The van der Waals surface area contributed by atoms with Crippen molar-refractivity contribution >= 4 is 27.5 Å². The highest BCUT2D eigenvalue weighted by atomic mass is 32.2. The molecule has 0 radical (unpaired) electrons. The molecule has 8 nitrogen and oxygen atoms in total. The van der Waals surface area contributed by atoms with Crippen LogP contribution in [0.1, 0.15) is 38.3 Å². The first-order valence-corrected chi connectivity index (χ1v) is 14.4. The number of hydrogen-bond donors (Lipinski definition) is 1. The number of methoxy groups -OCH3 is 1. The number of nitrogens with zero attached hydrogens (tertiary/aromatic N) is 2. The Bertz CT molecular complexity index is 1380. The van der Waals surface area contributed by atoms with E-state index in [2.05, 4.69) is 5.32 Å². The van der Waals surface area contributed by atoms with Crippen LogP contribution in [0.4, 0.5) is 5.69 Å². The van der Waals surface area contributed by atoms with Gasteiger partial charge >= 0.3 is 0 Å². The van der Waals surface area contributed by atoms with Gasteiger partial charge in [-0.25, -0.2) is 8.42 Å². The SMILES string of the molecule is CC[C@@H](C)NC(=O)[C@@H](C)N(Cc1cccc(C)c1)C(=O)CN(c1cccc(OC)c1)S(=O)(=O)c1ccccc1. The number of amides is 2. The Hall–Kier alpha value is -3.85. The number of benzene rings is 3. The van der Waals surface area contributed by atoms with E-state index in [1.54, 1.807) is 49.4 Å². The minimum atomic E-state index is -4.13. The summed E-state index contributed by atoms with van der Waals surface area (Å²) in [4.78, 5) is 28.6. The molecule has 3 rings (SSSR count). The van der Waals surface area contributed by atoms with Crippen LogP contribution in [0.5, 0.6) is 5.75 Å². The van der Waals surface area contributed by atoms with Crippen molar-refractivity contribution in [3.63, 3.8) is 0 Å². The minimum absolute atomic E-state index is 0.0495. The van der Waals surface area contributed by atoms with Gasteiger partial charge in [0.1, 0.15) is 18.3 Å². The van der Waals surface area contributed by atoms with E-state index in [4.69, 9.17) is 4.74 Å². The fourth-order valence-corrected chi connectivity index (χ4v) is 5.50. The Balaban J connectivity index is 2.03. The maximum absolute atomic E-state index is 14.0. The van der Waals surface area contributed by atoms with Crippen LogP contribution in [-0.4, -0.2) is 50.9 Å². The van der Waals surface area contributed by atoms with Gasteiger partial charge in [-0.3, -0.25) is 13.9 Å². The predicted octanol–water partition coefficient (Wildman–Crippen LogP) is 4.53. The van der Waals surface area contributed by atoms with Crippen molar-refractivity contribution in [1.29, 1.82) is 0 Å². The van der Waals surface area contributed by atoms with Gasteiger partial charge in [0.25, 0.3) is 10.0 Å². The van der Waals surface area contributed by atoms with E-state index in [0.717, 1.165) is 21.9 Å². The lowest BCUT2D eigenvalue weighted by Gasteiger charge is -2.32. The van der Waals surface area contributed by atoms with Gasteiger partial charge in [0.2, 0.25) is 11.8 Å². The van der Waals surface area contributed by atoms with E-state index in [1.807, 2.05) is 45.0 Å². The van der Waals surface area contributed by atoms with Crippen LogP contribution >= 0.6 is 0 Å². The lowest BCUT2D eigenvalue weighted by Crippen LogP contribution is -2.52. The van der Waals surface area contributed by atoms with E-state index in [0.29, 0.717) is 5.75 Å². The van der Waals surface area contributed by atoms with Gasteiger partial charge in [0.05, 0.1) is 17.7 Å². The number of nitrogens with one attached hydrogen (secondary N) is 1. The highest BCUT2D eigenvalue weighted by molar-refractivity contribution is 7.92. The summed E-state index contributed by atoms with van der Waals surface area (Å²) in [5, 5.41) is 2.94. The largest absolute Gasteiger partial charge is 0.497 e. The molecule has 2 atom stereocenters. The van der Waals surface area contributed by atoms with Gasteiger partial charge in [-0.2, -0.15) is 0 Å². The molecule has 3 aromatic rings. The zero-order chi connectivity index (χ0) is 28.6. The molecule has 3 aromatic carbocycles. The number of anilines is 1. The first-order chi connectivity index (χ1) is 18.6. The maximum Gasteiger partial charge on any atom is 0.264 e. The molecule has 0 aliphatic rings. The maximum atomic E-state index is 14.0. The summed E-state index contributed by atoms with van der Waals surface area (Å²) in [6.45, 7) is 7.11. The minimum Gasteiger partial charge on any atom is -0.497 e. The summed E-state index contributed by atoms with van der Waals surface area (Å²) >= 11 is 0. The standard InChI is InChI=1S/C30H37N3O5S/c1-6-23(3)31-30(35)24(4)32(20-25-13-10-12-22(2)18-25)29(34)21-33(26-14-11-15-27(19-26)38-5)39(36,37)28-16-8-7-9-17-28/h7-19,23-24H,6,20-21H2,1-5H3,(H,31,35)/t23-,24-/m1/s1. The Kier molecular flexibility index (Phi) is 10.1. The van der Waals surface area contributed by atoms with Gasteiger partial charge in [-0.1, -0.05) is 61.0 Å². The molecule has 0 aliphatic heterocycles. The van der Waals surface area contributed by atoms with E-state index >= 15 is 0 Å². The lowest BCUT2D eigenvalue weighted by molar-refractivity contribution is -0.139. The molecule has 0 spiro atoms. The van der Waals surface area contributed by atoms with Gasteiger partial charge in [0.15, 0.2) is 0 Å². The second kappa shape index (κ2) is 13.3. The quantitative estimate of drug-likeness (QED) is 0.357. The summed E-state index contributed by atoms with van der Waals surface area (Å²) < 4.78 is 34.0.